The van der Waals surface area contributed by atoms with Gasteiger partial charge in [0.1, 0.15) is 16.8 Å². The number of methoxy groups -OCH3 is 1. The van der Waals surface area contributed by atoms with Gasteiger partial charge in [0.2, 0.25) is 5.91 Å². The molecule has 3 aromatic rings. The minimum atomic E-state index is -1.02. The number of benzene rings is 2. The quantitative estimate of drug-likeness (QED) is 0.428. The predicted molar refractivity (Wildman–Crippen MR) is 144 cm³/mol. The van der Waals surface area contributed by atoms with Crippen LogP contribution in [-0.2, 0) is 29.0 Å². The number of carbonyl (C=O) groups excluding carboxylic acids is 2. The minimum absolute atomic E-state index is 0.0762. The summed E-state index contributed by atoms with van der Waals surface area (Å²) in [6.07, 6.45) is 0.562. The van der Waals surface area contributed by atoms with Crippen molar-refractivity contribution in [3.05, 3.63) is 58.1 Å². The van der Waals surface area contributed by atoms with Gasteiger partial charge in [-0.2, -0.15) is 0 Å². The number of thiazole rings is 1. The molecule has 1 fully saturated rings. The Kier molecular flexibility index (Phi) is 6.65. The summed E-state index contributed by atoms with van der Waals surface area (Å²) in [5, 5.41) is 13.2. The molecule has 2 aliphatic rings. The summed E-state index contributed by atoms with van der Waals surface area (Å²) in [7, 11) is 7.93. The molecule has 0 bridgehead atoms. The maximum Gasteiger partial charge on any atom is 0.304 e. The van der Waals surface area contributed by atoms with E-state index in [2.05, 4.69) is 31.4 Å². The predicted octanol–water partition coefficient (Wildman–Crippen LogP) is 2.71. The lowest BCUT2D eigenvalue weighted by molar-refractivity contribution is -0.900. The van der Waals surface area contributed by atoms with Crippen molar-refractivity contribution in [2.45, 2.75) is 31.8 Å². The fourth-order valence-electron chi connectivity index (χ4n) is 5.39. The Morgan fingerprint density at radius 3 is 2.39 bits per heavy atom. The Bertz CT molecular complexity index is 1400. The van der Waals surface area contributed by atoms with Gasteiger partial charge >= 0.3 is 5.97 Å². The van der Waals surface area contributed by atoms with Crippen LogP contribution >= 0.6 is 11.3 Å². The normalized spacial score (nSPS) is 16.7. The standard InChI is InChI=1S/C28H32N4O5S/c1-32(2,3)19-15-31(16-19)26(35)20-9-21-23(10-22(20)37-4)38-24(30-21)14-29-27(36)28(13-25(33)34)11-17-7-5-6-8-18(17)12-28/h5-10,19H,11-16H2,1-4H3,(H-,29,33,34,36)/p+1. The second-order valence-electron chi connectivity index (χ2n) is 11.3. The summed E-state index contributed by atoms with van der Waals surface area (Å²) in [6, 6.07) is 11.7. The van der Waals surface area contributed by atoms with Crippen LogP contribution in [0.4, 0.5) is 0 Å². The van der Waals surface area contributed by atoms with Gasteiger partial charge in [-0.1, -0.05) is 24.3 Å². The first-order chi connectivity index (χ1) is 18.0. The van der Waals surface area contributed by atoms with Gasteiger partial charge in [-0.25, -0.2) is 4.98 Å². The van der Waals surface area contributed by atoms with Crippen LogP contribution in [0.15, 0.2) is 36.4 Å². The van der Waals surface area contributed by atoms with Crippen molar-refractivity contribution in [1.29, 1.82) is 0 Å². The largest absolute Gasteiger partial charge is 0.496 e. The maximum atomic E-state index is 13.3. The molecule has 5 rings (SSSR count). The molecule has 1 saturated heterocycles. The Balaban J connectivity index is 1.32. The highest BCUT2D eigenvalue weighted by Gasteiger charge is 2.45. The fraction of sp³-hybridized carbons (Fsp3) is 0.429. The van der Waals surface area contributed by atoms with Crippen LogP contribution < -0.4 is 10.1 Å². The van der Waals surface area contributed by atoms with E-state index < -0.39 is 11.4 Å². The molecule has 0 unspecified atom stereocenters. The molecule has 0 radical (unpaired) electrons. The van der Waals surface area contributed by atoms with E-state index in [0.29, 0.717) is 53.8 Å². The first-order valence-corrected chi connectivity index (χ1v) is 13.5. The van der Waals surface area contributed by atoms with E-state index in [0.717, 1.165) is 20.3 Å². The smallest absolute Gasteiger partial charge is 0.304 e. The molecule has 2 aromatic carbocycles. The summed E-state index contributed by atoms with van der Waals surface area (Å²) >= 11 is 1.41. The van der Waals surface area contributed by atoms with E-state index in [1.807, 2.05) is 35.2 Å². The van der Waals surface area contributed by atoms with Gasteiger partial charge in [-0.3, -0.25) is 14.4 Å². The molecule has 0 atom stereocenters. The number of fused-ring (bicyclic) bond motifs is 2. The van der Waals surface area contributed by atoms with Crippen LogP contribution in [0.2, 0.25) is 0 Å². The molecule has 2 heterocycles. The molecule has 38 heavy (non-hydrogen) atoms. The molecule has 2 amide bonds. The Morgan fingerprint density at radius 1 is 1.16 bits per heavy atom. The van der Waals surface area contributed by atoms with E-state index in [9.17, 15) is 19.5 Å². The molecule has 0 saturated carbocycles. The Labute approximate surface area is 225 Å². The number of carboxylic acids is 1. The zero-order chi connectivity index (χ0) is 27.2. The highest BCUT2D eigenvalue weighted by Crippen LogP contribution is 2.40. The highest BCUT2D eigenvalue weighted by molar-refractivity contribution is 7.18. The molecule has 200 valence electrons. The number of likely N-dealkylation sites (tertiary alicyclic amines) is 1. The fourth-order valence-corrected chi connectivity index (χ4v) is 6.31. The van der Waals surface area contributed by atoms with Crippen LogP contribution in [0, 0.1) is 5.41 Å². The van der Waals surface area contributed by atoms with Crippen molar-refractivity contribution in [3.63, 3.8) is 0 Å². The molecule has 1 aromatic heterocycles. The number of aromatic nitrogens is 1. The van der Waals surface area contributed by atoms with Crippen molar-refractivity contribution in [1.82, 2.24) is 15.2 Å². The van der Waals surface area contributed by atoms with Crippen molar-refractivity contribution >= 4 is 39.3 Å². The number of carbonyl (C=O) groups is 3. The zero-order valence-corrected chi connectivity index (χ0v) is 22.9. The van der Waals surface area contributed by atoms with Crippen LogP contribution in [0.3, 0.4) is 0 Å². The lowest BCUT2D eigenvalue weighted by atomic mass is 9.80. The van der Waals surface area contributed by atoms with Crippen LogP contribution in [0.25, 0.3) is 10.2 Å². The molecule has 2 N–H and O–H groups in total. The van der Waals surface area contributed by atoms with Crippen LogP contribution in [0.1, 0.15) is 32.9 Å². The first-order valence-electron chi connectivity index (χ1n) is 12.6. The third-order valence-corrected chi connectivity index (χ3v) is 8.80. The Hall–Kier alpha value is -3.50. The molecule has 9 nitrogen and oxygen atoms in total. The van der Waals surface area contributed by atoms with E-state index >= 15 is 0 Å². The first kappa shape index (κ1) is 26.1. The SMILES string of the molecule is COc1cc2sc(CNC(=O)C3(CC(=O)O)Cc4ccccc4C3)nc2cc1C(=O)N1CC([N+](C)(C)C)C1. The minimum Gasteiger partial charge on any atom is -0.496 e. The van der Waals surface area contributed by atoms with Gasteiger partial charge < -0.3 is 24.5 Å². The number of carboxylic acid groups (broad SMARTS) is 1. The van der Waals surface area contributed by atoms with E-state index in [4.69, 9.17) is 4.74 Å². The van der Waals surface area contributed by atoms with Crippen LogP contribution in [0.5, 0.6) is 5.75 Å². The lowest BCUT2D eigenvalue weighted by Crippen LogP contribution is -2.65. The van der Waals surface area contributed by atoms with Gasteiger partial charge in [0.15, 0.2) is 0 Å². The maximum absolute atomic E-state index is 13.3. The number of likely N-dealkylation sites (N-methyl/N-ethyl adjacent to an activating group) is 1. The summed E-state index contributed by atoms with van der Waals surface area (Å²) < 4.78 is 7.20. The molecular formula is C28H33N4O5S+. The van der Waals surface area contributed by atoms with Crippen LogP contribution in [-0.4, -0.2) is 84.6 Å². The molecule has 10 heteroatoms. The number of quaternary nitrogens is 1. The van der Waals surface area contributed by atoms with Gasteiger partial charge in [0.25, 0.3) is 5.91 Å². The number of nitrogens with zero attached hydrogens (tertiary/aromatic N) is 3. The van der Waals surface area contributed by atoms with Gasteiger partial charge in [-0.05, 0) is 30.0 Å². The second-order valence-corrected chi connectivity index (χ2v) is 12.4. The van der Waals surface area contributed by atoms with Crippen molar-refractivity contribution in [3.8, 4) is 5.75 Å². The topological polar surface area (TPSA) is 109 Å². The summed E-state index contributed by atoms with van der Waals surface area (Å²) in [5.41, 5.74) is 2.16. The number of ether oxygens (including phenoxy) is 1. The number of hydrogen-bond donors (Lipinski definition) is 2. The summed E-state index contributed by atoms with van der Waals surface area (Å²) in [6.45, 7) is 1.57. The number of hydrogen-bond acceptors (Lipinski definition) is 6. The lowest BCUT2D eigenvalue weighted by Gasteiger charge is -2.46. The summed E-state index contributed by atoms with van der Waals surface area (Å²) in [4.78, 5) is 44.7. The molecule has 1 aliphatic heterocycles. The number of amides is 2. The Morgan fingerprint density at radius 2 is 1.82 bits per heavy atom. The number of rotatable bonds is 8. The number of nitrogens with one attached hydrogen (secondary N) is 1. The van der Waals surface area contributed by atoms with Crippen molar-refractivity contribution in [2.24, 2.45) is 5.41 Å². The van der Waals surface area contributed by atoms with E-state index in [1.54, 1.807) is 13.2 Å². The van der Waals surface area contributed by atoms with Gasteiger partial charge in [0, 0.05) is 6.07 Å². The molecule has 1 aliphatic carbocycles. The monoisotopic (exact) mass is 537 g/mol. The van der Waals surface area contributed by atoms with E-state index in [1.165, 1.54) is 11.3 Å². The van der Waals surface area contributed by atoms with Gasteiger partial charge in [-0.15, -0.1) is 11.3 Å². The molecular weight excluding hydrogens is 504 g/mol. The average molecular weight is 538 g/mol. The van der Waals surface area contributed by atoms with Crippen molar-refractivity contribution < 1.29 is 28.7 Å². The third kappa shape index (κ3) is 4.86. The highest BCUT2D eigenvalue weighted by atomic mass is 32.1. The number of aliphatic carboxylic acids is 1. The third-order valence-electron chi connectivity index (χ3n) is 7.78. The average Bonchev–Trinajstić information content (AvgIpc) is 3.39. The second kappa shape index (κ2) is 9.67. The van der Waals surface area contributed by atoms with E-state index in [-0.39, 0.29) is 24.8 Å². The van der Waals surface area contributed by atoms with Gasteiger partial charge in [0.05, 0.1) is 75.5 Å². The summed E-state index contributed by atoms with van der Waals surface area (Å²) in [5.74, 6) is -0.854. The zero-order valence-electron chi connectivity index (χ0n) is 22.1. The molecule has 0 spiro atoms. The van der Waals surface area contributed by atoms with Crippen molar-refractivity contribution in [2.75, 3.05) is 41.3 Å².